The Morgan fingerprint density at radius 3 is 2.72 bits per heavy atom. The minimum Gasteiger partial charge on any atom is -0.384 e. The van der Waals surface area contributed by atoms with Crippen molar-refractivity contribution < 1.29 is 4.74 Å². The molecule has 0 bridgehead atoms. The maximum absolute atomic E-state index is 5.04. The molecule has 2 heterocycles. The van der Waals surface area contributed by atoms with Crippen molar-refractivity contribution >= 4 is 11.8 Å². The molecule has 0 amide bonds. The predicted molar refractivity (Wildman–Crippen MR) is 71.5 cm³/mol. The Labute approximate surface area is 111 Å². The Morgan fingerprint density at radius 1 is 1.28 bits per heavy atom. The molecule has 0 aliphatic heterocycles. The van der Waals surface area contributed by atoms with Crippen molar-refractivity contribution in [2.75, 3.05) is 19.5 Å². The summed E-state index contributed by atoms with van der Waals surface area (Å²) in [7, 11) is 1.70. The average Bonchev–Trinajstić information content (AvgIpc) is 2.83. The molecule has 0 radical (unpaired) electrons. The topological polar surface area (TPSA) is 52.8 Å². The summed E-state index contributed by atoms with van der Waals surface area (Å²) in [6.07, 6.45) is 3.53. The van der Waals surface area contributed by atoms with Crippen molar-refractivity contribution in [3.05, 3.63) is 24.5 Å². The van der Waals surface area contributed by atoms with Gasteiger partial charge in [-0.25, -0.2) is 0 Å². The van der Waals surface area contributed by atoms with Crippen molar-refractivity contribution in [2.24, 2.45) is 0 Å². The van der Waals surface area contributed by atoms with Gasteiger partial charge in [-0.3, -0.25) is 4.98 Å². The molecule has 96 valence electrons. The Balaban J connectivity index is 2.22. The third kappa shape index (κ3) is 2.88. The largest absolute Gasteiger partial charge is 0.384 e. The van der Waals surface area contributed by atoms with Gasteiger partial charge < -0.3 is 9.30 Å². The SMILES string of the molecule is CCn1c(SCCOC)nnc1-c1ccncc1. The zero-order valence-electron chi connectivity index (χ0n) is 10.5. The number of thioether (sulfide) groups is 1. The first-order valence-corrected chi connectivity index (χ1v) is 6.80. The van der Waals surface area contributed by atoms with E-state index in [1.807, 2.05) is 12.1 Å². The molecule has 0 fully saturated rings. The number of hydrogen-bond donors (Lipinski definition) is 0. The molecule has 0 unspecified atom stereocenters. The van der Waals surface area contributed by atoms with Crippen LogP contribution in [-0.2, 0) is 11.3 Å². The fourth-order valence-electron chi connectivity index (χ4n) is 1.61. The molecule has 5 nitrogen and oxygen atoms in total. The first-order chi connectivity index (χ1) is 8.86. The molecule has 0 saturated heterocycles. The summed E-state index contributed by atoms with van der Waals surface area (Å²) in [6.45, 7) is 3.65. The van der Waals surface area contributed by atoms with E-state index in [4.69, 9.17) is 4.74 Å². The summed E-state index contributed by atoms with van der Waals surface area (Å²) in [6, 6.07) is 3.89. The number of nitrogens with zero attached hydrogens (tertiary/aromatic N) is 4. The summed E-state index contributed by atoms with van der Waals surface area (Å²) < 4.78 is 7.15. The van der Waals surface area contributed by atoms with E-state index in [-0.39, 0.29) is 0 Å². The molecule has 0 N–H and O–H groups in total. The van der Waals surface area contributed by atoms with Crippen molar-refractivity contribution in [1.82, 2.24) is 19.7 Å². The molecular weight excluding hydrogens is 248 g/mol. The lowest BCUT2D eigenvalue weighted by Crippen LogP contribution is -2.01. The smallest absolute Gasteiger partial charge is 0.191 e. The van der Waals surface area contributed by atoms with Gasteiger partial charge in [-0.2, -0.15) is 0 Å². The standard InChI is InChI=1S/C12H16N4OS/c1-3-16-11(10-4-6-13-7-5-10)14-15-12(16)18-9-8-17-2/h4-7H,3,8-9H2,1-2H3. The second kappa shape index (κ2) is 6.51. The van der Waals surface area contributed by atoms with Crippen LogP contribution in [0.2, 0.25) is 0 Å². The Hall–Kier alpha value is -1.40. The van der Waals surface area contributed by atoms with E-state index in [1.165, 1.54) is 0 Å². The quantitative estimate of drug-likeness (QED) is 0.591. The lowest BCUT2D eigenvalue weighted by molar-refractivity contribution is 0.218. The van der Waals surface area contributed by atoms with Gasteiger partial charge in [0.05, 0.1) is 6.61 Å². The van der Waals surface area contributed by atoms with Gasteiger partial charge in [0.25, 0.3) is 0 Å². The van der Waals surface area contributed by atoms with Gasteiger partial charge in [-0.05, 0) is 19.1 Å². The highest BCUT2D eigenvalue weighted by molar-refractivity contribution is 7.99. The van der Waals surface area contributed by atoms with Gasteiger partial charge >= 0.3 is 0 Å². The van der Waals surface area contributed by atoms with Crippen LogP contribution in [0, 0.1) is 0 Å². The number of rotatable bonds is 6. The van der Waals surface area contributed by atoms with Crippen LogP contribution in [0.5, 0.6) is 0 Å². The summed E-state index contributed by atoms with van der Waals surface area (Å²) in [5.41, 5.74) is 1.04. The first kappa shape index (κ1) is 13.0. The van der Waals surface area contributed by atoms with Gasteiger partial charge in [-0.15, -0.1) is 10.2 Å². The molecule has 0 atom stereocenters. The van der Waals surface area contributed by atoms with E-state index < -0.39 is 0 Å². The van der Waals surface area contributed by atoms with Crippen LogP contribution in [0.1, 0.15) is 6.92 Å². The molecular formula is C12H16N4OS. The number of ether oxygens (including phenoxy) is 1. The van der Waals surface area contributed by atoms with Crippen LogP contribution in [0.4, 0.5) is 0 Å². The second-order valence-electron chi connectivity index (χ2n) is 3.63. The van der Waals surface area contributed by atoms with Crippen molar-refractivity contribution in [3.8, 4) is 11.4 Å². The van der Waals surface area contributed by atoms with Crippen LogP contribution in [0.3, 0.4) is 0 Å². The summed E-state index contributed by atoms with van der Waals surface area (Å²) in [5.74, 6) is 1.77. The Bertz CT molecular complexity index is 486. The summed E-state index contributed by atoms with van der Waals surface area (Å²) in [5, 5.41) is 9.43. The Morgan fingerprint density at radius 2 is 2.06 bits per heavy atom. The molecule has 18 heavy (non-hydrogen) atoms. The number of methoxy groups -OCH3 is 1. The molecule has 0 saturated carbocycles. The zero-order chi connectivity index (χ0) is 12.8. The Kier molecular flexibility index (Phi) is 4.72. The molecule has 0 aromatic carbocycles. The van der Waals surface area contributed by atoms with E-state index in [9.17, 15) is 0 Å². The van der Waals surface area contributed by atoms with Crippen molar-refractivity contribution in [1.29, 1.82) is 0 Å². The highest BCUT2D eigenvalue weighted by atomic mass is 32.2. The first-order valence-electron chi connectivity index (χ1n) is 5.82. The van der Waals surface area contributed by atoms with Gasteiger partial charge in [0.1, 0.15) is 0 Å². The van der Waals surface area contributed by atoms with E-state index in [0.29, 0.717) is 6.61 Å². The van der Waals surface area contributed by atoms with E-state index in [0.717, 1.165) is 28.8 Å². The van der Waals surface area contributed by atoms with Crippen LogP contribution < -0.4 is 0 Å². The van der Waals surface area contributed by atoms with Crippen molar-refractivity contribution in [2.45, 2.75) is 18.6 Å². The number of pyridine rings is 1. The number of hydrogen-bond acceptors (Lipinski definition) is 5. The van der Waals surface area contributed by atoms with E-state index in [1.54, 1.807) is 31.3 Å². The molecule has 2 rings (SSSR count). The summed E-state index contributed by atoms with van der Waals surface area (Å²) >= 11 is 1.66. The molecule has 2 aromatic rings. The van der Waals surface area contributed by atoms with Gasteiger partial charge in [0.15, 0.2) is 11.0 Å². The fourth-order valence-corrected chi connectivity index (χ4v) is 2.51. The van der Waals surface area contributed by atoms with Gasteiger partial charge in [-0.1, -0.05) is 11.8 Å². The lowest BCUT2D eigenvalue weighted by atomic mass is 10.2. The highest BCUT2D eigenvalue weighted by Crippen LogP contribution is 2.23. The number of aromatic nitrogens is 4. The van der Waals surface area contributed by atoms with Gasteiger partial charge in [0.2, 0.25) is 0 Å². The van der Waals surface area contributed by atoms with Crippen molar-refractivity contribution in [3.63, 3.8) is 0 Å². The molecule has 0 spiro atoms. The predicted octanol–water partition coefficient (Wildman–Crippen LogP) is 2.10. The molecule has 0 aliphatic carbocycles. The maximum atomic E-state index is 5.04. The third-order valence-electron chi connectivity index (χ3n) is 2.49. The van der Waals surface area contributed by atoms with Crippen LogP contribution in [-0.4, -0.2) is 39.2 Å². The minimum atomic E-state index is 0.714. The normalized spacial score (nSPS) is 10.8. The van der Waals surface area contributed by atoms with Crippen LogP contribution in [0.15, 0.2) is 29.7 Å². The molecule has 2 aromatic heterocycles. The summed E-state index contributed by atoms with van der Waals surface area (Å²) in [4.78, 5) is 4.01. The van der Waals surface area contributed by atoms with Crippen LogP contribution in [0.25, 0.3) is 11.4 Å². The zero-order valence-corrected chi connectivity index (χ0v) is 11.4. The lowest BCUT2D eigenvalue weighted by Gasteiger charge is -2.06. The molecule has 0 aliphatic rings. The van der Waals surface area contributed by atoms with E-state index in [2.05, 4.69) is 26.7 Å². The monoisotopic (exact) mass is 264 g/mol. The van der Waals surface area contributed by atoms with E-state index >= 15 is 0 Å². The maximum Gasteiger partial charge on any atom is 0.191 e. The van der Waals surface area contributed by atoms with Gasteiger partial charge in [0, 0.05) is 37.4 Å². The second-order valence-corrected chi connectivity index (χ2v) is 4.69. The molecule has 6 heteroatoms. The fraction of sp³-hybridized carbons (Fsp3) is 0.417. The average molecular weight is 264 g/mol. The third-order valence-corrected chi connectivity index (χ3v) is 3.42. The van der Waals surface area contributed by atoms with Crippen LogP contribution >= 0.6 is 11.8 Å². The minimum absolute atomic E-state index is 0.714. The highest BCUT2D eigenvalue weighted by Gasteiger charge is 2.12.